The van der Waals surface area contributed by atoms with Crippen molar-refractivity contribution in [3.05, 3.63) is 24.0 Å². The molecule has 1 aromatic heterocycles. The van der Waals surface area contributed by atoms with Gasteiger partial charge in [0.2, 0.25) is 10.0 Å². The fraction of sp³-hybridized carbons (Fsp3) is 0.583. The van der Waals surface area contributed by atoms with Crippen LogP contribution in [-0.4, -0.2) is 20.4 Å². The van der Waals surface area contributed by atoms with Crippen molar-refractivity contribution < 1.29 is 8.42 Å². The van der Waals surface area contributed by atoms with Crippen LogP contribution < -0.4 is 4.31 Å². The van der Waals surface area contributed by atoms with Crippen LogP contribution >= 0.6 is 0 Å². The first-order chi connectivity index (χ1) is 8.09. The summed E-state index contributed by atoms with van der Waals surface area (Å²) in [7, 11) is -1.64. The molecule has 0 amide bonds. The molecule has 0 N–H and O–H groups in total. The summed E-state index contributed by atoms with van der Waals surface area (Å²) in [5, 5.41) is 0. The molecule has 2 heterocycles. The maximum absolute atomic E-state index is 12.6. The van der Waals surface area contributed by atoms with Crippen molar-refractivity contribution in [2.75, 3.05) is 11.4 Å². The molecule has 3 rings (SSSR count). The van der Waals surface area contributed by atoms with Gasteiger partial charge >= 0.3 is 0 Å². The van der Waals surface area contributed by atoms with Gasteiger partial charge < -0.3 is 0 Å². The Bertz CT molecular complexity index is 547. The van der Waals surface area contributed by atoms with Gasteiger partial charge in [0.1, 0.15) is 4.75 Å². The number of aromatic nitrogens is 1. The van der Waals surface area contributed by atoms with Crippen molar-refractivity contribution in [3.63, 3.8) is 0 Å². The van der Waals surface area contributed by atoms with Gasteiger partial charge in [-0.05, 0) is 25.0 Å². The van der Waals surface area contributed by atoms with E-state index in [1.165, 1.54) is 4.31 Å². The molecule has 17 heavy (non-hydrogen) atoms. The summed E-state index contributed by atoms with van der Waals surface area (Å²) in [5.41, 5.74) is 1.52. The number of hydrogen-bond donors (Lipinski definition) is 0. The van der Waals surface area contributed by atoms with Crippen LogP contribution in [0.1, 0.15) is 37.8 Å². The second kappa shape index (κ2) is 3.45. The first-order valence-corrected chi connectivity index (χ1v) is 7.48. The highest BCUT2D eigenvalue weighted by Crippen LogP contribution is 2.52. The number of nitrogens with zero attached hydrogens (tertiary/aromatic N) is 2. The van der Waals surface area contributed by atoms with Crippen LogP contribution in [0.5, 0.6) is 0 Å². The van der Waals surface area contributed by atoms with Crippen molar-refractivity contribution in [2.24, 2.45) is 0 Å². The number of sulfonamides is 1. The molecule has 1 aliphatic heterocycles. The van der Waals surface area contributed by atoms with Gasteiger partial charge in [-0.25, -0.2) is 8.42 Å². The van der Waals surface area contributed by atoms with Gasteiger partial charge in [0.15, 0.2) is 0 Å². The van der Waals surface area contributed by atoms with Crippen LogP contribution in [0.3, 0.4) is 0 Å². The smallest absolute Gasteiger partial charge is 0.246 e. The zero-order chi connectivity index (χ0) is 12.1. The highest BCUT2D eigenvalue weighted by Gasteiger charge is 2.56. The van der Waals surface area contributed by atoms with E-state index in [0.717, 1.165) is 30.6 Å². The molecule has 4 nitrogen and oxygen atoms in total. The summed E-state index contributed by atoms with van der Waals surface area (Å²) < 4.78 is 25.9. The lowest BCUT2D eigenvalue weighted by atomic mass is 9.85. The number of hydrogen-bond acceptors (Lipinski definition) is 3. The highest BCUT2D eigenvalue weighted by molar-refractivity contribution is 7.94. The minimum Gasteiger partial charge on any atom is -0.271 e. The Morgan fingerprint density at radius 2 is 2.00 bits per heavy atom. The third-order valence-electron chi connectivity index (χ3n) is 4.07. The molecule has 2 aliphatic rings. The van der Waals surface area contributed by atoms with Gasteiger partial charge in [0.25, 0.3) is 0 Å². The summed E-state index contributed by atoms with van der Waals surface area (Å²) in [6.07, 6.45) is 6.20. The zero-order valence-corrected chi connectivity index (χ0v) is 10.7. The zero-order valence-electron chi connectivity index (χ0n) is 9.89. The standard InChI is InChI=1S/C12H16N2O2S/c1-14-10-6-5-9-13-11(10)12(17(14,15)16)7-3-2-4-8-12/h5-6,9H,2-4,7-8H2,1H3. The van der Waals surface area contributed by atoms with Crippen molar-refractivity contribution in [1.82, 2.24) is 4.98 Å². The van der Waals surface area contributed by atoms with Gasteiger partial charge in [-0.15, -0.1) is 0 Å². The van der Waals surface area contributed by atoms with Crippen LogP contribution in [0, 0.1) is 0 Å². The summed E-state index contributed by atoms with van der Waals surface area (Å²) >= 11 is 0. The van der Waals surface area contributed by atoms with Gasteiger partial charge in [-0.1, -0.05) is 19.3 Å². The van der Waals surface area contributed by atoms with Gasteiger partial charge in [-0.2, -0.15) is 0 Å². The normalized spacial score (nSPS) is 24.9. The molecule has 0 saturated heterocycles. The molecule has 1 aromatic rings. The predicted molar refractivity (Wildman–Crippen MR) is 66.3 cm³/mol. The lowest BCUT2D eigenvalue weighted by Gasteiger charge is -2.32. The minimum absolute atomic E-state index is 0.712. The lowest BCUT2D eigenvalue weighted by Crippen LogP contribution is -2.40. The Labute approximate surface area is 102 Å². The molecule has 1 aliphatic carbocycles. The van der Waals surface area contributed by atoms with E-state index in [4.69, 9.17) is 0 Å². The third-order valence-corrected chi connectivity index (χ3v) is 6.58. The molecule has 92 valence electrons. The van der Waals surface area contributed by atoms with Gasteiger partial charge in [-0.3, -0.25) is 9.29 Å². The summed E-state index contributed by atoms with van der Waals surface area (Å²) in [4.78, 5) is 4.36. The van der Waals surface area contributed by atoms with Crippen LogP contribution in [0.15, 0.2) is 18.3 Å². The monoisotopic (exact) mass is 252 g/mol. The van der Waals surface area contributed by atoms with E-state index < -0.39 is 14.8 Å². The Balaban J connectivity index is 2.26. The van der Waals surface area contributed by atoms with Crippen LogP contribution in [-0.2, 0) is 14.8 Å². The largest absolute Gasteiger partial charge is 0.271 e. The number of anilines is 1. The maximum atomic E-state index is 12.6. The predicted octanol–water partition coefficient (Wildman–Crippen LogP) is 2.02. The molecule has 0 aromatic carbocycles. The highest BCUT2D eigenvalue weighted by atomic mass is 32.2. The molecule has 0 atom stereocenters. The summed E-state index contributed by atoms with van der Waals surface area (Å²) in [5.74, 6) is 0. The SMILES string of the molecule is CN1c2cccnc2C2(CCCCC2)S1(=O)=O. The Morgan fingerprint density at radius 3 is 2.71 bits per heavy atom. The van der Waals surface area contributed by atoms with Crippen molar-refractivity contribution >= 4 is 15.7 Å². The first-order valence-electron chi connectivity index (χ1n) is 6.04. The van der Waals surface area contributed by atoms with Crippen molar-refractivity contribution in [2.45, 2.75) is 36.9 Å². The number of pyridine rings is 1. The molecule has 1 spiro atoms. The van der Waals surface area contributed by atoms with E-state index in [1.54, 1.807) is 19.3 Å². The molecular weight excluding hydrogens is 236 g/mol. The average Bonchev–Trinajstić information content (AvgIpc) is 2.52. The van der Waals surface area contributed by atoms with Crippen LogP contribution in [0.4, 0.5) is 5.69 Å². The molecule has 5 heteroatoms. The topological polar surface area (TPSA) is 50.3 Å². The fourth-order valence-corrected chi connectivity index (χ4v) is 5.27. The average molecular weight is 252 g/mol. The van der Waals surface area contributed by atoms with Crippen LogP contribution in [0.25, 0.3) is 0 Å². The quantitative estimate of drug-likeness (QED) is 0.710. The van der Waals surface area contributed by atoms with E-state index in [9.17, 15) is 8.42 Å². The molecule has 1 fully saturated rings. The minimum atomic E-state index is -3.28. The summed E-state index contributed by atoms with van der Waals surface area (Å²) in [6.45, 7) is 0. The fourth-order valence-electron chi connectivity index (χ4n) is 3.13. The van der Waals surface area contributed by atoms with Crippen LogP contribution in [0.2, 0.25) is 0 Å². The summed E-state index contributed by atoms with van der Waals surface area (Å²) in [6, 6.07) is 3.65. The molecule has 0 radical (unpaired) electrons. The molecular formula is C12H16N2O2S. The second-order valence-corrected chi connectivity index (χ2v) is 7.18. The molecule has 0 unspecified atom stereocenters. The maximum Gasteiger partial charge on any atom is 0.246 e. The third kappa shape index (κ3) is 1.23. The molecule has 1 saturated carbocycles. The lowest BCUT2D eigenvalue weighted by molar-refractivity contribution is 0.380. The van der Waals surface area contributed by atoms with Gasteiger partial charge in [0, 0.05) is 13.2 Å². The van der Waals surface area contributed by atoms with E-state index in [2.05, 4.69) is 4.98 Å². The Kier molecular flexibility index (Phi) is 2.23. The Hall–Kier alpha value is -1.10. The number of fused-ring (bicyclic) bond motifs is 2. The number of rotatable bonds is 0. The van der Waals surface area contributed by atoms with Crippen molar-refractivity contribution in [1.29, 1.82) is 0 Å². The Morgan fingerprint density at radius 1 is 1.29 bits per heavy atom. The van der Waals surface area contributed by atoms with E-state index in [0.29, 0.717) is 12.8 Å². The van der Waals surface area contributed by atoms with E-state index in [-0.39, 0.29) is 0 Å². The first kappa shape index (κ1) is 11.0. The van der Waals surface area contributed by atoms with E-state index in [1.807, 2.05) is 6.07 Å². The van der Waals surface area contributed by atoms with E-state index >= 15 is 0 Å². The molecule has 0 bridgehead atoms. The second-order valence-electron chi connectivity index (χ2n) is 4.90. The van der Waals surface area contributed by atoms with Gasteiger partial charge in [0.05, 0.1) is 11.4 Å². The van der Waals surface area contributed by atoms with Crippen molar-refractivity contribution in [3.8, 4) is 0 Å².